The number of carbonyl (C=O) groups excluding carboxylic acids is 3. The van der Waals surface area contributed by atoms with Gasteiger partial charge in [0, 0.05) is 66.0 Å². The maximum atomic E-state index is 13.4. The maximum absolute atomic E-state index is 13.4. The zero-order chi connectivity index (χ0) is 27.9. The summed E-state index contributed by atoms with van der Waals surface area (Å²) < 4.78 is 12.2. The lowest BCUT2D eigenvalue weighted by atomic mass is 9.97. The lowest BCUT2D eigenvalue weighted by molar-refractivity contribution is 0.0517. The predicted octanol–water partition coefficient (Wildman–Crippen LogP) is 4.16. The molecule has 12 nitrogen and oxygen atoms in total. The molecular weight excluding hydrogens is 522 g/mol. The minimum Gasteiger partial charge on any atom is -0.462 e. The molecular formula is C26H27N7O5S. The van der Waals surface area contributed by atoms with E-state index in [1.807, 2.05) is 11.6 Å². The molecule has 0 saturated heterocycles. The fraction of sp³-hybridized carbons (Fsp3) is 0.269. The molecule has 0 bridgehead atoms. The fourth-order valence-corrected chi connectivity index (χ4v) is 4.64. The summed E-state index contributed by atoms with van der Waals surface area (Å²) in [7, 11) is 1.81. The molecule has 4 aromatic rings. The number of urea groups is 1. The Balaban J connectivity index is 1.96. The van der Waals surface area contributed by atoms with Crippen molar-refractivity contribution in [3.05, 3.63) is 53.6 Å². The number of nitrogens with zero attached hydrogens (tertiary/aromatic N) is 5. The van der Waals surface area contributed by atoms with Crippen LogP contribution >= 0.6 is 11.3 Å². The average Bonchev–Trinajstić information content (AvgIpc) is 3.58. The van der Waals surface area contributed by atoms with Crippen LogP contribution in [0, 0.1) is 0 Å². The molecule has 0 aliphatic heterocycles. The number of rotatable bonds is 9. The number of thiazole rings is 1. The van der Waals surface area contributed by atoms with Gasteiger partial charge in [0.25, 0.3) is 0 Å². The number of amides is 2. The van der Waals surface area contributed by atoms with Gasteiger partial charge in [-0.05, 0) is 26.8 Å². The predicted molar refractivity (Wildman–Crippen MR) is 145 cm³/mol. The van der Waals surface area contributed by atoms with Crippen molar-refractivity contribution in [1.82, 2.24) is 30.0 Å². The Labute approximate surface area is 228 Å². The molecule has 2 amide bonds. The molecule has 0 unspecified atom stereocenters. The van der Waals surface area contributed by atoms with E-state index in [4.69, 9.17) is 14.5 Å². The third kappa shape index (κ3) is 6.09. The van der Waals surface area contributed by atoms with Crippen molar-refractivity contribution in [3.8, 4) is 33.0 Å². The molecule has 4 aromatic heterocycles. The third-order valence-corrected chi connectivity index (χ3v) is 6.27. The molecule has 0 fully saturated rings. The van der Waals surface area contributed by atoms with Gasteiger partial charge in [-0.15, -0.1) is 11.3 Å². The summed E-state index contributed by atoms with van der Waals surface area (Å²) in [5, 5.41) is 11.8. The van der Waals surface area contributed by atoms with Gasteiger partial charge in [0.05, 0.1) is 30.7 Å². The highest BCUT2D eigenvalue weighted by Crippen LogP contribution is 2.40. The number of aryl methyl sites for hydroxylation is 1. The van der Waals surface area contributed by atoms with Crippen molar-refractivity contribution in [2.75, 3.05) is 25.1 Å². The summed E-state index contributed by atoms with van der Waals surface area (Å²) in [5.74, 6) is -1.22. The molecule has 0 aliphatic carbocycles. The zero-order valence-corrected chi connectivity index (χ0v) is 22.7. The van der Waals surface area contributed by atoms with E-state index in [0.29, 0.717) is 33.9 Å². The summed E-state index contributed by atoms with van der Waals surface area (Å²) in [6, 6.07) is 1.07. The second-order valence-corrected chi connectivity index (χ2v) is 8.96. The number of pyridine rings is 2. The third-order valence-electron chi connectivity index (χ3n) is 5.41. The van der Waals surface area contributed by atoms with Crippen LogP contribution in [0.25, 0.3) is 33.0 Å². The van der Waals surface area contributed by atoms with Crippen LogP contribution in [-0.2, 0) is 16.5 Å². The maximum Gasteiger partial charge on any atom is 0.342 e. The number of esters is 2. The SMILES string of the molecule is CCNC(=O)Nc1ncc(-c2cncc(C(=O)OCC)c2)c(-c2nc(-c3cnn(C)c3)cs2)c1C(=O)OCC. The molecule has 0 aromatic carbocycles. The van der Waals surface area contributed by atoms with E-state index in [0.717, 1.165) is 5.56 Å². The highest BCUT2D eigenvalue weighted by molar-refractivity contribution is 7.13. The van der Waals surface area contributed by atoms with Crippen LogP contribution in [0.2, 0.25) is 0 Å². The van der Waals surface area contributed by atoms with Gasteiger partial charge in [0.15, 0.2) is 0 Å². The number of aromatic nitrogens is 5. The zero-order valence-electron chi connectivity index (χ0n) is 21.8. The largest absolute Gasteiger partial charge is 0.462 e. The summed E-state index contributed by atoms with van der Waals surface area (Å²) in [5.41, 5.74) is 3.03. The van der Waals surface area contributed by atoms with E-state index in [9.17, 15) is 14.4 Å². The van der Waals surface area contributed by atoms with E-state index >= 15 is 0 Å². The van der Waals surface area contributed by atoms with Crippen molar-refractivity contribution < 1.29 is 23.9 Å². The number of anilines is 1. The molecule has 4 rings (SSSR count). The Hall–Kier alpha value is -4.65. The molecule has 0 atom stereocenters. The van der Waals surface area contributed by atoms with Crippen molar-refractivity contribution in [3.63, 3.8) is 0 Å². The van der Waals surface area contributed by atoms with E-state index in [2.05, 4.69) is 25.7 Å². The number of ether oxygens (including phenoxy) is 2. The second kappa shape index (κ2) is 12.3. The van der Waals surface area contributed by atoms with E-state index in [-0.39, 0.29) is 30.2 Å². The molecule has 0 aliphatic rings. The standard InChI is InChI=1S/C26H27N7O5S/c1-5-28-26(36)32-22-21(25(35)38-7-3)20(23-31-19(14-39-23)17-11-30-33(4)13-17)18(12-29-22)15-8-16(10-27-9-15)24(34)37-6-2/h8-14H,5-7H2,1-4H3,(H2,28,29,32,36). The van der Waals surface area contributed by atoms with E-state index in [1.54, 1.807) is 51.0 Å². The first kappa shape index (κ1) is 27.4. The monoisotopic (exact) mass is 549 g/mol. The van der Waals surface area contributed by atoms with Gasteiger partial charge in [-0.2, -0.15) is 5.10 Å². The van der Waals surface area contributed by atoms with Crippen LogP contribution in [0.1, 0.15) is 41.5 Å². The lowest BCUT2D eigenvalue weighted by Gasteiger charge is -2.17. The molecule has 13 heteroatoms. The van der Waals surface area contributed by atoms with Crippen LogP contribution < -0.4 is 10.6 Å². The second-order valence-electron chi connectivity index (χ2n) is 8.10. The smallest absolute Gasteiger partial charge is 0.342 e. The molecule has 2 N–H and O–H groups in total. The first-order valence-electron chi connectivity index (χ1n) is 12.2. The first-order valence-corrected chi connectivity index (χ1v) is 13.1. The normalized spacial score (nSPS) is 10.7. The van der Waals surface area contributed by atoms with Crippen LogP contribution in [-0.4, -0.2) is 62.5 Å². The molecule has 4 heterocycles. The van der Waals surface area contributed by atoms with Crippen LogP contribution in [0.4, 0.5) is 10.6 Å². The topological polar surface area (TPSA) is 150 Å². The Bertz CT molecular complexity index is 1510. The van der Waals surface area contributed by atoms with Gasteiger partial charge < -0.3 is 14.8 Å². The molecule has 0 radical (unpaired) electrons. The lowest BCUT2D eigenvalue weighted by Crippen LogP contribution is -2.29. The Kier molecular flexibility index (Phi) is 8.61. The van der Waals surface area contributed by atoms with Crippen molar-refractivity contribution >= 4 is 35.1 Å². The molecule has 39 heavy (non-hydrogen) atoms. The Morgan fingerprint density at radius 2 is 1.77 bits per heavy atom. The number of hydrogen-bond acceptors (Lipinski definition) is 10. The van der Waals surface area contributed by atoms with E-state index < -0.39 is 18.0 Å². The summed E-state index contributed by atoms with van der Waals surface area (Å²) in [4.78, 5) is 51.6. The summed E-state index contributed by atoms with van der Waals surface area (Å²) in [6.07, 6.45) is 7.96. The van der Waals surface area contributed by atoms with Gasteiger partial charge in [-0.3, -0.25) is 15.0 Å². The van der Waals surface area contributed by atoms with Crippen molar-refractivity contribution in [2.45, 2.75) is 20.8 Å². The fourth-order valence-electron chi connectivity index (χ4n) is 3.75. The quantitative estimate of drug-likeness (QED) is 0.293. The van der Waals surface area contributed by atoms with Gasteiger partial charge in [0.2, 0.25) is 0 Å². The number of carbonyl (C=O) groups is 3. The van der Waals surface area contributed by atoms with Gasteiger partial charge >= 0.3 is 18.0 Å². The first-order chi connectivity index (χ1) is 18.9. The number of nitrogens with one attached hydrogen (secondary N) is 2. The summed E-state index contributed by atoms with van der Waals surface area (Å²) in [6.45, 7) is 5.85. The van der Waals surface area contributed by atoms with Crippen LogP contribution in [0.3, 0.4) is 0 Å². The van der Waals surface area contributed by atoms with Crippen LogP contribution in [0.5, 0.6) is 0 Å². The Morgan fingerprint density at radius 3 is 2.46 bits per heavy atom. The van der Waals surface area contributed by atoms with Crippen molar-refractivity contribution in [2.24, 2.45) is 7.05 Å². The van der Waals surface area contributed by atoms with Crippen LogP contribution in [0.15, 0.2) is 42.4 Å². The average molecular weight is 550 g/mol. The highest BCUT2D eigenvalue weighted by Gasteiger charge is 2.28. The highest BCUT2D eigenvalue weighted by atomic mass is 32.1. The molecule has 0 spiro atoms. The molecule has 202 valence electrons. The Morgan fingerprint density at radius 1 is 1.00 bits per heavy atom. The van der Waals surface area contributed by atoms with Gasteiger partial charge in [-0.1, -0.05) is 0 Å². The van der Waals surface area contributed by atoms with Gasteiger partial charge in [0.1, 0.15) is 16.4 Å². The van der Waals surface area contributed by atoms with Gasteiger partial charge in [-0.25, -0.2) is 24.4 Å². The van der Waals surface area contributed by atoms with Crippen molar-refractivity contribution in [1.29, 1.82) is 0 Å². The molecule has 0 saturated carbocycles. The van der Waals surface area contributed by atoms with E-state index in [1.165, 1.54) is 23.7 Å². The minimum atomic E-state index is -0.693. The minimum absolute atomic E-state index is 0.00536. The summed E-state index contributed by atoms with van der Waals surface area (Å²) >= 11 is 1.30. The number of hydrogen-bond donors (Lipinski definition) is 2.